The van der Waals surface area contributed by atoms with Gasteiger partial charge in [-0.15, -0.1) is 0 Å². The molecule has 0 bridgehead atoms. The highest BCUT2D eigenvalue weighted by atomic mass is 16.3. The van der Waals surface area contributed by atoms with E-state index in [1.165, 1.54) is 42.6 Å². The Morgan fingerprint density at radius 2 is 1.31 bits per heavy atom. The van der Waals surface area contributed by atoms with Gasteiger partial charge in [0.2, 0.25) is 0 Å². The molecule has 168 valence electrons. The first-order valence-corrected chi connectivity index (χ1v) is 12.3. The number of aliphatic hydroxyl groups excluding tert-OH is 1. The monoisotopic (exact) mass is 427 g/mol. The van der Waals surface area contributed by atoms with Crippen LogP contribution < -0.4 is 0 Å². The number of hydrogen-bond donors (Lipinski definition) is 1. The fourth-order valence-corrected chi connectivity index (χ4v) is 5.20. The maximum atomic E-state index is 10.4. The van der Waals surface area contributed by atoms with E-state index in [2.05, 4.69) is 96.8 Å². The second-order valence-electron chi connectivity index (χ2n) is 9.40. The third-order valence-corrected chi connectivity index (χ3v) is 7.09. The van der Waals surface area contributed by atoms with E-state index in [1.54, 1.807) is 0 Å². The Hall–Kier alpha value is -2.42. The highest BCUT2D eigenvalue weighted by Gasteiger charge is 2.28. The lowest BCUT2D eigenvalue weighted by Gasteiger charge is -2.36. The van der Waals surface area contributed by atoms with Crippen molar-refractivity contribution in [2.24, 2.45) is 5.92 Å². The van der Waals surface area contributed by atoms with Crippen LogP contribution in [-0.4, -0.2) is 29.6 Å². The molecule has 3 aromatic carbocycles. The van der Waals surface area contributed by atoms with Gasteiger partial charge in [-0.1, -0.05) is 90.5 Å². The van der Waals surface area contributed by atoms with Crippen LogP contribution in [0.4, 0.5) is 0 Å². The van der Waals surface area contributed by atoms with Crippen molar-refractivity contribution in [2.75, 3.05) is 19.6 Å². The summed E-state index contributed by atoms with van der Waals surface area (Å²) >= 11 is 0. The van der Waals surface area contributed by atoms with Gasteiger partial charge < -0.3 is 10.0 Å². The van der Waals surface area contributed by atoms with E-state index >= 15 is 0 Å². The number of likely N-dealkylation sites (tertiary alicyclic amines) is 1. The van der Waals surface area contributed by atoms with E-state index in [4.69, 9.17) is 0 Å². The minimum atomic E-state index is -0.334. The van der Waals surface area contributed by atoms with E-state index in [1.807, 2.05) is 0 Å². The van der Waals surface area contributed by atoms with Crippen LogP contribution in [0.1, 0.15) is 66.4 Å². The van der Waals surface area contributed by atoms with E-state index < -0.39 is 0 Å². The first-order valence-electron chi connectivity index (χ1n) is 12.3. The standard InChI is InChI=1S/C30H37NO/c1-24-15-17-25(18-16-24)29(32)14-8-9-21-31-22-19-28(20-23-31)30(26-10-4-2-5-11-26)27-12-6-3-7-13-27/h2-7,10-13,15-18,28-30,32H,8-9,14,19-23H2,1H3. The number of aliphatic hydroxyl groups is 1. The van der Waals surface area contributed by atoms with Gasteiger partial charge in [0, 0.05) is 5.92 Å². The van der Waals surface area contributed by atoms with Crippen molar-refractivity contribution in [3.8, 4) is 0 Å². The molecule has 1 N–H and O–H groups in total. The molecule has 3 aromatic rings. The van der Waals surface area contributed by atoms with Crippen LogP contribution in [0.5, 0.6) is 0 Å². The average molecular weight is 428 g/mol. The van der Waals surface area contributed by atoms with Gasteiger partial charge in [-0.05, 0) is 81.3 Å². The minimum absolute atomic E-state index is 0.334. The maximum absolute atomic E-state index is 10.4. The van der Waals surface area contributed by atoms with E-state index in [0.29, 0.717) is 11.8 Å². The smallest absolute Gasteiger partial charge is 0.0790 e. The van der Waals surface area contributed by atoms with Crippen molar-refractivity contribution in [1.82, 2.24) is 4.90 Å². The zero-order valence-corrected chi connectivity index (χ0v) is 19.4. The summed E-state index contributed by atoms with van der Waals surface area (Å²) in [6, 6.07) is 30.4. The Kier molecular flexibility index (Phi) is 8.14. The van der Waals surface area contributed by atoms with Crippen LogP contribution in [0.2, 0.25) is 0 Å². The molecule has 1 heterocycles. The van der Waals surface area contributed by atoms with E-state index in [9.17, 15) is 5.11 Å². The minimum Gasteiger partial charge on any atom is -0.388 e. The molecule has 0 aromatic heterocycles. The number of rotatable bonds is 9. The summed E-state index contributed by atoms with van der Waals surface area (Å²) < 4.78 is 0. The van der Waals surface area contributed by atoms with Crippen molar-refractivity contribution in [1.29, 1.82) is 0 Å². The largest absolute Gasteiger partial charge is 0.388 e. The summed E-state index contributed by atoms with van der Waals surface area (Å²) in [5.41, 5.74) is 5.18. The zero-order chi connectivity index (χ0) is 22.2. The van der Waals surface area contributed by atoms with Gasteiger partial charge in [-0.3, -0.25) is 0 Å². The Balaban J connectivity index is 1.25. The number of aryl methyl sites for hydroxylation is 1. The number of nitrogens with zero attached hydrogens (tertiary/aromatic N) is 1. The summed E-state index contributed by atoms with van der Waals surface area (Å²) in [6.45, 7) is 5.60. The van der Waals surface area contributed by atoms with Gasteiger partial charge in [-0.25, -0.2) is 0 Å². The Morgan fingerprint density at radius 1 is 0.750 bits per heavy atom. The summed E-state index contributed by atoms with van der Waals surface area (Å²) in [5, 5.41) is 10.4. The van der Waals surface area contributed by atoms with Gasteiger partial charge in [-0.2, -0.15) is 0 Å². The number of piperidine rings is 1. The second-order valence-corrected chi connectivity index (χ2v) is 9.40. The fraction of sp³-hybridized carbons (Fsp3) is 0.400. The fourth-order valence-electron chi connectivity index (χ4n) is 5.20. The van der Waals surface area contributed by atoms with Crippen molar-refractivity contribution in [3.63, 3.8) is 0 Å². The first kappa shape index (κ1) is 22.8. The molecule has 1 unspecified atom stereocenters. The zero-order valence-electron chi connectivity index (χ0n) is 19.4. The SMILES string of the molecule is Cc1ccc(C(O)CCCCN2CCC(C(c3ccccc3)c3ccccc3)CC2)cc1. The quantitative estimate of drug-likeness (QED) is 0.382. The normalized spacial score (nSPS) is 16.3. The number of unbranched alkanes of at least 4 members (excludes halogenated alkanes) is 1. The third kappa shape index (κ3) is 6.09. The van der Waals surface area contributed by atoms with Crippen LogP contribution in [0.15, 0.2) is 84.9 Å². The second kappa shape index (κ2) is 11.4. The van der Waals surface area contributed by atoms with E-state index in [0.717, 1.165) is 31.4 Å². The molecule has 1 fully saturated rings. The number of hydrogen-bond acceptors (Lipinski definition) is 2. The average Bonchev–Trinajstić information content (AvgIpc) is 2.84. The molecule has 1 aliphatic rings. The Bertz CT molecular complexity index is 875. The molecular weight excluding hydrogens is 390 g/mol. The molecule has 1 aliphatic heterocycles. The van der Waals surface area contributed by atoms with Crippen LogP contribution in [0, 0.1) is 12.8 Å². The topological polar surface area (TPSA) is 23.5 Å². The molecule has 2 heteroatoms. The van der Waals surface area contributed by atoms with Crippen molar-refractivity contribution < 1.29 is 5.11 Å². The molecule has 0 radical (unpaired) electrons. The summed E-state index contributed by atoms with van der Waals surface area (Å²) in [4.78, 5) is 2.63. The van der Waals surface area contributed by atoms with Gasteiger partial charge in [0.05, 0.1) is 6.10 Å². The van der Waals surface area contributed by atoms with Crippen molar-refractivity contribution in [2.45, 2.75) is 51.0 Å². The van der Waals surface area contributed by atoms with Gasteiger partial charge >= 0.3 is 0 Å². The lowest BCUT2D eigenvalue weighted by atomic mass is 9.76. The highest BCUT2D eigenvalue weighted by molar-refractivity contribution is 5.33. The predicted molar refractivity (Wildman–Crippen MR) is 134 cm³/mol. The van der Waals surface area contributed by atoms with Crippen LogP contribution in [0.25, 0.3) is 0 Å². The van der Waals surface area contributed by atoms with E-state index in [-0.39, 0.29) is 6.10 Å². The number of benzene rings is 3. The first-order chi connectivity index (χ1) is 15.7. The molecule has 2 nitrogen and oxygen atoms in total. The van der Waals surface area contributed by atoms with Crippen molar-refractivity contribution in [3.05, 3.63) is 107 Å². The van der Waals surface area contributed by atoms with Crippen LogP contribution in [0.3, 0.4) is 0 Å². The molecule has 1 atom stereocenters. The lowest BCUT2D eigenvalue weighted by Crippen LogP contribution is -2.36. The van der Waals surface area contributed by atoms with Gasteiger partial charge in [0.25, 0.3) is 0 Å². The summed E-state index contributed by atoms with van der Waals surface area (Å²) in [5.74, 6) is 1.18. The summed E-state index contributed by atoms with van der Waals surface area (Å²) in [7, 11) is 0. The molecule has 4 rings (SSSR count). The molecule has 32 heavy (non-hydrogen) atoms. The molecule has 1 saturated heterocycles. The Labute approximate surface area is 193 Å². The summed E-state index contributed by atoms with van der Waals surface area (Å²) in [6.07, 6.45) is 5.25. The molecule has 0 amide bonds. The van der Waals surface area contributed by atoms with Gasteiger partial charge in [0.1, 0.15) is 0 Å². The molecule has 0 aliphatic carbocycles. The Morgan fingerprint density at radius 3 is 1.88 bits per heavy atom. The maximum Gasteiger partial charge on any atom is 0.0790 e. The third-order valence-electron chi connectivity index (χ3n) is 7.09. The predicted octanol–water partition coefficient (Wildman–Crippen LogP) is 6.74. The van der Waals surface area contributed by atoms with Crippen LogP contribution in [-0.2, 0) is 0 Å². The van der Waals surface area contributed by atoms with Crippen LogP contribution >= 0.6 is 0 Å². The molecule has 0 spiro atoms. The van der Waals surface area contributed by atoms with Crippen molar-refractivity contribution >= 4 is 0 Å². The lowest BCUT2D eigenvalue weighted by molar-refractivity contribution is 0.151. The molecular formula is C30H37NO. The van der Waals surface area contributed by atoms with Gasteiger partial charge in [0.15, 0.2) is 0 Å². The highest BCUT2D eigenvalue weighted by Crippen LogP contribution is 2.38. The molecule has 0 saturated carbocycles.